The van der Waals surface area contributed by atoms with E-state index in [1.54, 1.807) is 0 Å². The van der Waals surface area contributed by atoms with E-state index >= 15 is 0 Å². The summed E-state index contributed by atoms with van der Waals surface area (Å²) in [5, 5.41) is 0. The highest BCUT2D eigenvalue weighted by Crippen LogP contribution is 2.21. The van der Waals surface area contributed by atoms with Gasteiger partial charge in [0.25, 0.3) is 0 Å². The van der Waals surface area contributed by atoms with E-state index in [2.05, 4.69) is 0 Å². The average Bonchev–Trinajstić information content (AvgIpc) is 2.66. The Labute approximate surface area is 161 Å². The molecular weight excluding hydrogens is 348 g/mol. The number of benzene rings is 1. The van der Waals surface area contributed by atoms with Crippen LogP contribution in [0.3, 0.4) is 0 Å². The van der Waals surface area contributed by atoms with Crippen LogP contribution in [0.2, 0.25) is 0 Å². The van der Waals surface area contributed by atoms with Crippen LogP contribution in [0.15, 0.2) is 30.3 Å². The van der Waals surface area contributed by atoms with Crippen molar-refractivity contribution in [1.82, 2.24) is 0 Å². The summed E-state index contributed by atoms with van der Waals surface area (Å²) in [6, 6.07) is 9.37. The molecule has 0 saturated heterocycles. The second kappa shape index (κ2) is 12.9. The van der Waals surface area contributed by atoms with Gasteiger partial charge in [-0.1, -0.05) is 51.1 Å². The molecule has 0 fully saturated rings. The summed E-state index contributed by atoms with van der Waals surface area (Å²) in [4.78, 5) is 35.8. The smallest absolute Gasteiger partial charge is 0.313 e. The maximum atomic E-state index is 12.5. The Morgan fingerprint density at radius 2 is 1.44 bits per heavy atom. The summed E-state index contributed by atoms with van der Waals surface area (Å²) >= 11 is 0. The first-order valence-corrected chi connectivity index (χ1v) is 9.58. The van der Waals surface area contributed by atoms with Crippen LogP contribution < -0.4 is 0 Å². The topological polar surface area (TPSA) is 78.9 Å². The number of carbonyl (C=O) groups is 3. The summed E-state index contributed by atoms with van der Waals surface area (Å²) < 4.78 is 15.8. The molecule has 0 aliphatic rings. The van der Waals surface area contributed by atoms with Gasteiger partial charge in [-0.3, -0.25) is 14.4 Å². The molecule has 0 heterocycles. The molecule has 2 unspecified atom stereocenters. The van der Waals surface area contributed by atoms with E-state index in [1.165, 1.54) is 0 Å². The van der Waals surface area contributed by atoms with E-state index in [0.29, 0.717) is 25.7 Å². The standard InChI is InChI=1S/C21H30O6/c1-4-10-19(22)25-14-17(27-20(23)11-5-2)15-26-21(24)18(6-3)16-12-8-7-9-13-16/h7-9,12-13,17-18H,4-6,10-11,14-15H2,1-3H3. The van der Waals surface area contributed by atoms with Gasteiger partial charge < -0.3 is 14.2 Å². The number of rotatable bonds is 12. The van der Waals surface area contributed by atoms with Crippen LogP contribution in [0.5, 0.6) is 0 Å². The first kappa shape index (κ1) is 22.7. The number of ether oxygens (including phenoxy) is 3. The number of esters is 3. The van der Waals surface area contributed by atoms with Gasteiger partial charge in [-0.25, -0.2) is 0 Å². The molecule has 6 nitrogen and oxygen atoms in total. The fourth-order valence-electron chi connectivity index (χ4n) is 2.53. The maximum Gasteiger partial charge on any atom is 0.313 e. The molecule has 27 heavy (non-hydrogen) atoms. The zero-order chi connectivity index (χ0) is 20.1. The summed E-state index contributed by atoms with van der Waals surface area (Å²) in [5.74, 6) is -1.54. The highest BCUT2D eigenvalue weighted by atomic mass is 16.6. The van der Waals surface area contributed by atoms with Gasteiger partial charge in [0.15, 0.2) is 6.10 Å². The van der Waals surface area contributed by atoms with Gasteiger partial charge in [-0.15, -0.1) is 0 Å². The van der Waals surface area contributed by atoms with Gasteiger partial charge in [0.2, 0.25) is 0 Å². The minimum Gasteiger partial charge on any atom is -0.462 e. The minimum atomic E-state index is -0.804. The molecule has 150 valence electrons. The van der Waals surface area contributed by atoms with E-state index in [0.717, 1.165) is 5.56 Å². The third-order valence-corrected chi connectivity index (χ3v) is 3.94. The maximum absolute atomic E-state index is 12.5. The van der Waals surface area contributed by atoms with Crippen molar-refractivity contribution in [2.45, 2.75) is 64.9 Å². The van der Waals surface area contributed by atoms with Crippen molar-refractivity contribution in [2.24, 2.45) is 0 Å². The van der Waals surface area contributed by atoms with Gasteiger partial charge >= 0.3 is 17.9 Å². The van der Waals surface area contributed by atoms with Crippen molar-refractivity contribution in [2.75, 3.05) is 13.2 Å². The number of hydrogen-bond acceptors (Lipinski definition) is 6. The summed E-state index contributed by atoms with van der Waals surface area (Å²) in [6.45, 7) is 5.38. The Hall–Kier alpha value is -2.37. The lowest BCUT2D eigenvalue weighted by molar-refractivity contribution is -0.167. The molecule has 6 heteroatoms. The molecule has 0 bridgehead atoms. The Morgan fingerprint density at radius 3 is 2.04 bits per heavy atom. The normalized spacial score (nSPS) is 12.7. The number of carbonyl (C=O) groups excluding carboxylic acids is 3. The molecule has 0 spiro atoms. The molecule has 0 radical (unpaired) electrons. The lowest BCUT2D eigenvalue weighted by Crippen LogP contribution is -2.31. The van der Waals surface area contributed by atoms with E-state index < -0.39 is 12.1 Å². The van der Waals surface area contributed by atoms with Crippen LogP contribution >= 0.6 is 0 Å². The van der Waals surface area contributed by atoms with E-state index in [9.17, 15) is 14.4 Å². The molecule has 0 aliphatic heterocycles. The van der Waals surface area contributed by atoms with Gasteiger partial charge in [-0.2, -0.15) is 0 Å². The second-order valence-corrected chi connectivity index (χ2v) is 6.30. The van der Waals surface area contributed by atoms with E-state index in [1.807, 2.05) is 51.1 Å². The van der Waals surface area contributed by atoms with Crippen molar-refractivity contribution in [1.29, 1.82) is 0 Å². The van der Waals surface area contributed by atoms with Crippen LogP contribution in [0.25, 0.3) is 0 Å². The summed E-state index contributed by atoms with van der Waals surface area (Å²) in [7, 11) is 0. The van der Waals surface area contributed by atoms with Gasteiger partial charge in [0.1, 0.15) is 13.2 Å². The Kier molecular flexibility index (Phi) is 10.8. The first-order chi connectivity index (χ1) is 13.0. The van der Waals surface area contributed by atoms with Gasteiger partial charge in [0.05, 0.1) is 5.92 Å². The quantitative estimate of drug-likeness (QED) is 0.407. The third kappa shape index (κ3) is 8.71. The molecule has 0 aromatic heterocycles. The molecule has 1 aromatic carbocycles. The molecule has 0 N–H and O–H groups in total. The number of hydrogen-bond donors (Lipinski definition) is 0. The lowest BCUT2D eigenvalue weighted by atomic mass is 9.97. The van der Waals surface area contributed by atoms with Crippen molar-refractivity contribution >= 4 is 17.9 Å². The van der Waals surface area contributed by atoms with Crippen molar-refractivity contribution in [3.8, 4) is 0 Å². The van der Waals surface area contributed by atoms with E-state index in [-0.39, 0.29) is 37.5 Å². The van der Waals surface area contributed by atoms with Crippen LogP contribution in [-0.4, -0.2) is 37.2 Å². The third-order valence-electron chi connectivity index (χ3n) is 3.94. The summed E-state index contributed by atoms with van der Waals surface area (Å²) in [6.07, 6.45) is 1.66. The van der Waals surface area contributed by atoms with Crippen LogP contribution in [0.1, 0.15) is 64.4 Å². The van der Waals surface area contributed by atoms with Gasteiger partial charge in [-0.05, 0) is 24.8 Å². The molecule has 0 saturated carbocycles. The van der Waals surface area contributed by atoms with Crippen molar-refractivity contribution in [3.63, 3.8) is 0 Å². The monoisotopic (exact) mass is 378 g/mol. The zero-order valence-electron chi connectivity index (χ0n) is 16.4. The molecule has 1 aromatic rings. The zero-order valence-corrected chi connectivity index (χ0v) is 16.4. The fraction of sp³-hybridized carbons (Fsp3) is 0.571. The highest BCUT2D eigenvalue weighted by Gasteiger charge is 2.23. The predicted octanol–water partition coefficient (Wildman–Crippen LogP) is 3.78. The molecular formula is C21H30O6. The van der Waals surface area contributed by atoms with Crippen LogP contribution in [0.4, 0.5) is 0 Å². The molecule has 0 aliphatic carbocycles. The van der Waals surface area contributed by atoms with Crippen molar-refractivity contribution in [3.05, 3.63) is 35.9 Å². The van der Waals surface area contributed by atoms with Crippen LogP contribution in [-0.2, 0) is 28.6 Å². The predicted molar refractivity (Wildman–Crippen MR) is 101 cm³/mol. The molecule has 1 rings (SSSR count). The largest absolute Gasteiger partial charge is 0.462 e. The van der Waals surface area contributed by atoms with E-state index in [4.69, 9.17) is 14.2 Å². The van der Waals surface area contributed by atoms with Crippen molar-refractivity contribution < 1.29 is 28.6 Å². The fourth-order valence-corrected chi connectivity index (χ4v) is 2.53. The minimum absolute atomic E-state index is 0.121. The van der Waals surface area contributed by atoms with Gasteiger partial charge in [0, 0.05) is 12.8 Å². The average molecular weight is 378 g/mol. The summed E-state index contributed by atoms with van der Waals surface area (Å²) in [5.41, 5.74) is 0.874. The van der Waals surface area contributed by atoms with Crippen LogP contribution in [0, 0.1) is 0 Å². The lowest BCUT2D eigenvalue weighted by Gasteiger charge is -2.20. The Bertz CT molecular complexity index is 584. The first-order valence-electron chi connectivity index (χ1n) is 9.58. The molecule has 2 atom stereocenters. The highest BCUT2D eigenvalue weighted by molar-refractivity contribution is 5.78. The molecule has 0 amide bonds. The SMILES string of the molecule is CCCC(=O)OCC(COC(=O)C(CC)c1ccccc1)OC(=O)CCC. The second-order valence-electron chi connectivity index (χ2n) is 6.30. The Balaban J connectivity index is 2.65. The Morgan fingerprint density at radius 1 is 0.852 bits per heavy atom.